The molecule has 0 saturated heterocycles. The molecule has 0 aliphatic rings. The van der Waals surface area contributed by atoms with Crippen LogP contribution in [0.25, 0.3) is 0 Å². The zero-order valence-corrected chi connectivity index (χ0v) is 10.3. The summed E-state index contributed by atoms with van der Waals surface area (Å²) in [6, 6.07) is 0.0194. The Morgan fingerprint density at radius 1 is 1.50 bits per heavy atom. The van der Waals surface area contributed by atoms with E-state index in [1.54, 1.807) is 11.3 Å². The fourth-order valence-electron chi connectivity index (χ4n) is 1.71. The summed E-state index contributed by atoms with van der Waals surface area (Å²) in [7, 11) is 0. The zero-order valence-electron chi connectivity index (χ0n) is 9.50. The first-order valence-electron chi connectivity index (χ1n) is 5.33. The van der Waals surface area contributed by atoms with Crippen LogP contribution >= 0.6 is 11.3 Å². The van der Waals surface area contributed by atoms with Gasteiger partial charge in [0.25, 0.3) is 0 Å². The first kappa shape index (κ1) is 11.3. The van der Waals surface area contributed by atoms with Crippen molar-refractivity contribution in [1.82, 2.24) is 14.5 Å². The normalized spacial score (nSPS) is 14.9. The summed E-state index contributed by atoms with van der Waals surface area (Å²) in [5, 5.41) is 3.16. The van der Waals surface area contributed by atoms with Gasteiger partial charge in [0.2, 0.25) is 0 Å². The smallest absolute Gasteiger partial charge is 0.0970 e. The fraction of sp³-hybridized carbons (Fsp3) is 0.455. The Morgan fingerprint density at radius 2 is 2.31 bits per heavy atom. The second-order valence-electron chi connectivity index (χ2n) is 4.03. The van der Waals surface area contributed by atoms with Crippen molar-refractivity contribution in [3.05, 3.63) is 34.8 Å². The van der Waals surface area contributed by atoms with Gasteiger partial charge < -0.3 is 10.3 Å². The molecule has 0 saturated carbocycles. The molecule has 86 valence electrons. The van der Waals surface area contributed by atoms with E-state index in [2.05, 4.69) is 21.5 Å². The molecule has 0 radical (unpaired) electrons. The van der Waals surface area contributed by atoms with Gasteiger partial charge in [-0.2, -0.15) is 0 Å². The Kier molecular flexibility index (Phi) is 3.36. The third-order valence-corrected chi connectivity index (χ3v) is 3.56. The summed E-state index contributed by atoms with van der Waals surface area (Å²) < 4.78 is 2.11. The Labute approximate surface area is 99.2 Å². The quantitative estimate of drug-likeness (QED) is 0.885. The minimum Gasteiger partial charge on any atom is -0.333 e. The molecule has 2 atom stereocenters. The van der Waals surface area contributed by atoms with E-state index >= 15 is 0 Å². The molecule has 5 heteroatoms. The molecule has 0 bridgehead atoms. The number of hydrogen-bond donors (Lipinski definition) is 1. The second-order valence-corrected chi connectivity index (χ2v) is 4.96. The van der Waals surface area contributed by atoms with E-state index in [4.69, 9.17) is 5.73 Å². The van der Waals surface area contributed by atoms with Crippen LogP contribution in [0.15, 0.2) is 24.1 Å². The summed E-state index contributed by atoms with van der Waals surface area (Å²) in [6.07, 6.45) is 5.51. The lowest BCUT2D eigenvalue weighted by Crippen LogP contribution is -2.14. The van der Waals surface area contributed by atoms with E-state index in [-0.39, 0.29) is 6.04 Å². The molecule has 2 aromatic rings. The Bertz CT molecular complexity index is 433. The summed E-state index contributed by atoms with van der Waals surface area (Å²) in [5.74, 6) is 0.395. The van der Waals surface area contributed by atoms with Crippen LogP contribution in [0.1, 0.15) is 36.5 Å². The molecule has 0 aliphatic heterocycles. The first-order chi connectivity index (χ1) is 7.68. The monoisotopic (exact) mass is 236 g/mol. The fourth-order valence-corrected chi connectivity index (χ4v) is 2.40. The Balaban J connectivity index is 2.12. The maximum Gasteiger partial charge on any atom is 0.0970 e. The van der Waals surface area contributed by atoms with E-state index < -0.39 is 0 Å². The zero-order chi connectivity index (χ0) is 11.5. The maximum atomic E-state index is 5.88. The third-order valence-electron chi connectivity index (χ3n) is 2.55. The highest BCUT2D eigenvalue weighted by molar-refractivity contribution is 7.09. The van der Waals surface area contributed by atoms with Gasteiger partial charge in [-0.15, -0.1) is 11.3 Å². The van der Waals surface area contributed by atoms with Gasteiger partial charge in [0.1, 0.15) is 0 Å². The van der Waals surface area contributed by atoms with Crippen LogP contribution in [0, 0.1) is 0 Å². The van der Waals surface area contributed by atoms with Crippen LogP contribution in [-0.2, 0) is 6.54 Å². The van der Waals surface area contributed by atoms with Gasteiger partial charge in [-0.3, -0.25) is 0 Å². The first-order valence-corrected chi connectivity index (χ1v) is 6.21. The number of aromatic nitrogens is 3. The number of hydrogen-bond acceptors (Lipinski definition) is 4. The van der Waals surface area contributed by atoms with Crippen LogP contribution in [0.5, 0.6) is 0 Å². The summed E-state index contributed by atoms with van der Waals surface area (Å²) in [5.41, 5.74) is 6.95. The molecule has 0 amide bonds. The van der Waals surface area contributed by atoms with Crippen molar-refractivity contribution in [2.75, 3.05) is 0 Å². The van der Waals surface area contributed by atoms with Crippen LogP contribution in [-0.4, -0.2) is 14.5 Å². The molecular weight excluding hydrogens is 220 g/mol. The molecule has 4 nitrogen and oxygen atoms in total. The molecular formula is C11H16N4S. The lowest BCUT2D eigenvalue weighted by molar-refractivity contribution is 0.558. The van der Waals surface area contributed by atoms with E-state index in [1.807, 2.05) is 31.0 Å². The van der Waals surface area contributed by atoms with Crippen LogP contribution in [0.4, 0.5) is 0 Å². The minimum absolute atomic E-state index is 0.0194. The molecule has 16 heavy (non-hydrogen) atoms. The predicted molar refractivity (Wildman–Crippen MR) is 65.4 cm³/mol. The van der Waals surface area contributed by atoms with Gasteiger partial charge in [0.15, 0.2) is 0 Å². The average molecular weight is 236 g/mol. The van der Waals surface area contributed by atoms with Crippen molar-refractivity contribution < 1.29 is 0 Å². The lowest BCUT2D eigenvalue weighted by atomic mass is 10.2. The molecule has 0 spiro atoms. The highest BCUT2D eigenvalue weighted by Gasteiger charge is 2.12. The van der Waals surface area contributed by atoms with Crippen LogP contribution in [0.3, 0.4) is 0 Å². The van der Waals surface area contributed by atoms with E-state index in [0.717, 1.165) is 17.2 Å². The molecule has 2 rings (SSSR count). The van der Waals surface area contributed by atoms with Crippen molar-refractivity contribution >= 4 is 11.3 Å². The highest BCUT2D eigenvalue weighted by atomic mass is 32.1. The number of thiazole rings is 1. The lowest BCUT2D eigenvalue weighted by Gasteiger charge is -2.14. The van der Waals surface area contributed by atoms with Gasteiger partial charge in [-0.1, -0.05) is 6.92 Å². The van der Waals surface area contributed by atoms with Gasteiger partial charge in [-0.25, -0.2) is 9.97 Å². The van der Waals surface area contributed by atoms with Crippen molar-refractivity contribution in [2.24, 2.45) is 5.73 Å². The Hall–Kier alpha value is -1.20. The van der Waals surface area contributed by atoms with Crippen molar-refractivity contribution in [3.8, 4) is 0 Å². The summed E-state index contributed by atoms with van der Waals surface area (Å²) in [6.45, 7) is 5.02. The third kappa shape index (κ3) is 2.31. The average Bonchev–Trinajstić information content (AvgIpc) is 2.86. The largest absolute Gasteiger partial charge is 0.333 e. The SMILES string of the molecule is CC(Cn1cncc1[C@@H](C)N)c1nccs1. The molecule has 2 aromatic heterocycles. The summed E-state index contributed by atoms with van der Waals surface area (Å²) in [4.78, 5) is 8.47. The molecule has 2 N–H and O–H groups in total. The number of rotatable bonds is 4. The van der Waals surface area contributed by atoms with Gasteiger partial charge in [0.05, 0.1) is 17.0 Å². The van der Waals surface area contributed by atoms with Crippen LogP contribution < -0.4 is 5.73 Å². The van der Waals surface area contributed by atoms with Gasteiger partial charge in [-0.05, 0) is 6.92 Å². The molecule has 0 fully saturated rings. The van der Waals surface area contributed by atoms with Crippen molar-refractivity contribution in [2.45, 2.75) is 32.4 Å². The minimum atomic E-state index is 0.0194. The number of imidazole rings is 1. The molecule has 2 heterocycles. The van der Waals surface area contributed by atoms with E-state index in [1.165, 1.54) is 0 Å². The second kappa shape index (κ2) is 4.76. The molecule has 0 aromatic carbocycles. The van der Waals surface area contributed by atoms with Gasteiger partial charge in [0, 0.05) is 36.3 Å². The van der Waals surface area contributed by atoms with E-state index in [9.17, 15) is 0 Å². The van der Waals surface area contributed by atoms with Crippen molar-refractivity contribution in [1.29, 1.82) is 0 Å². The van der Waals surface area contributed by atoms with Crippen LogP contribution in [0.2, 0.25) is 0 Å². The number of nitrogens with zero attached hydrogens (tertiary/aromatic N) is 3. The standard InChI is InChI=1S/C11H16N4S/c1-8(11-14-3-4-16-11)6-15-7-13-5-10(15)9(2)12/h3-5,7-9H,6,12H2,1-2H3/t8?,9-/m1/s1. The maximum absolute atomic E-state index is 5.88. The predicted octanol–water partition coefficient (Wildman–Crippen LogP) is 2.16. The topological polar surface area (TPSA) is 56.7 Å². The van der Waals surface area contributed by atoms with E-state index in [0.29, 0.717) is 5.92 Å². The molecule has 0 aliphatic carbocycles. The summed E-state index contributed by atoms with van der Waals surface area (Å²) >= 11 is 1.69. The molecule has 1 unspecified atom stereocenters. The van der Waals surface area contributed by atoms with Gasteiger partial charge >= 0.3 is 0 Å². The van der Waals surface area contributed by atoms with Crippen molar-refractivity contribution in [3.63, 3.8) is 0 Å². The highest BCUT2D eigenvalue weighted by Crippen LogP contribution is 2.21. The number of nitrogens with two attached hydrogens (primary N) is 1. The Morgan fingerprint density at radius 3 is 2.94 bits per heavy atom.